The third kappa shape index (κ3) is 3.62. The largest absolute Gasteiger partial charge is 0.449 e. The molecule has 9 heteroatoms. The minimum atomic E-state index is -0.546. The molecule has 23 heavy (non-hydrogen) atoms. The smallest absolute Gasteiger partial charge is 0.417 e. The molecule has 0 aliphatic carbocycles. The van der Waals surface area contributed by atoms with Crippen LogP contribution in [0.4, 0.5) is 15.3 Å². The maximum absolute atomic E-state index is 11.8. The van der Waals surface area contributed by atoms with E-state index in [-0.39, 0.29) is 6.09 Å². The second-order valence-electron chi connectivity index (χ2n) is 5.06. The molecule has 0 saturated carbocycles. The molecule has 9 nitrogen and oxygen atoms in total. The van der Waals surface area contributed by atoms with Crippen LogP contribution in [0.25, 0.3) is 11.1 Å². The molecular weight excluding hydrogens is 304 g/mol. The molecule has 1 saturated heterocycles. The van der Waals surface area contributed by atoms with Gasteiger partial charge < -0.3 is 24.7 Å². The molecule has 2 heterocycles. The first-order chi connectivity index (χ1) is 11.1. The number of carbonyl (C=O) groups excluding carboxylic acids is 2. The Kier molecular flexibility index (Phi) is 4.18. The molecule has 3 amide bonds. The number of urea groups is 1. The number of amides is 3. The van der Waals surface area contributed by atoms with Crippen LogP contribution < -0.4 is 16.4 Å². The average Bonchev–Trinajstić information content (AvgIpc) is 2.88. The van der Waals surface area contributed by atoms with Crippen LogP contribution in [-0.4, -0.2) is 48.2 Å². The topological polar surface area (TPSA) is 117 Å². The normalized spacial score (nSPS) is 14.6. The summed E-state index contributed by atoms with van der Waals surface area (Å²) in [7, 11) is 0. The predicted octanol–water partition coefficient (Wildman–Crippen LogP) is 1.08. The molecule has 0 bridgehead atoms. The van der Waals surface area contributed by atoms with Gasteiger partial charge in [-0.1, -0.05) is 0 Å². The number of ether oxygens (including phenoxy) is 1. The fourth-order valence-corrected chi connectivity index (χ4v) is 2.30. The number of nitrogens with zero attached hydrogens (tertiary/aromatic N) is 1. The summed E-state index contributed by atoms with van der Waals surface area (Å²) in [6, 6.07) is 4.43. The highest BCUT2D eigenvalue weighted by Crippen LogP contribution is 2.16. The Morgan fingerprint density at radius 3 is 3.04 bits per heavy atom. The van der Waals surface area contributed by atoms with E-state index in [9.17, 15) is 14.4 Å². The van der Waals surface area contributed by atoms with Gasteiger partial charge in [0.25, 0.3) is 0 Å². The van der Waals surface area contributed by atoms with Crippen LogP contribution in [0.5, 0.6) is 0 Å². The molecule has 0 unspecified atom stereocenters. The standard InChI is InChI=1S/C14H16N4O5/c19-12(15-4-6-18-5-1-7-22-14(18)21)16-9-2-3-10-11(8-9)23-13(20)17-10/h2-3,8H,1,4-7H2,(H,17,20)(H2,15,16,19). The first kappa shape index (κ1) is 14.9. The predicted molar refractivity (Wildman–Crippen MR) is 81.4 cm³/mol. The minimum Gasteiger partial charge on any atom is -0.449 e. The number of carbonyl (C=O) groups is 2. The van der Waals surface area contributed by atoms with Crippen molar-refractivity contribution in [1.29, 1.82) is 0 Å². The second-order valence-corrected chi connectivity index (χ2v) is 5.06. The molecule has 1 fully saturated rings. The van der Waals surface area contributed by atoms with Crippen molar-refractivity contribution in [3.63, 3.8) is 0 Å². The summed E-state index contributed by atoms with van der Waals surface area (Å²) < 4.78 is 9.83. The van der Waals surface area contributed by atoms with E-state index in [1.54, 1.807) is 23.1 Å². The lowest BCUT2D eigenvalue weighted by Crippen LogP contribution is -2.43. The Balaban J connectivity index is 1.50. The lowest BCUT2D eigenvalue weighted by Gasteiger charge is -2.26. The van der Waals surface area contributed by atoms with Crippen LogP contribution in [0.15, 0.2) is 27.4 Å². The van der Waals surface area contributed by atoms with Gasteiger partial charge in [0.15, 0.2) is 5.58 Å². The van der Waals surface area contributed by atoms with Crippen molar-refractivity contribution in [2.75, 3.05) is 31.6 Å². The SMILES string of the molecule is O=C(NCCN1CCCOC1=O)Nc1ccc2[nH]c(=O)oc2c1. The number of fused-ring (bicyclic) bond motifs is 1. The molecule has 1 aliphatic rings. The van der Waals surface area contributed by atoms with Gasteiger partial charge in [0, 0.05) is 31.4 Å². The number of hydrogen-bond donors (Lipinski definition) is 3. The summed E-state index contributed by atoms with van der Waals surface area (Å²) in [5, 5.41) is 5.28. The molecule has 122 valence electrons. The van der Waals surface area contributed by atoms with E-state index >= 15 is 0 Å². The van der Waals surface area contributed by atoms with E-state index < -0.39 is 11.8 Å². The third-order valence-electron chi connectivity index (χ3n) is 3.40. The van der Waals surface area contributed by atoms with Crippen LogP contribution in [-0.2, 0) is 4.74 Å². The Bertz CT molecular complexity index is 781. The molecular formula is C14H16N4O5. The van der Waals surface area contributed by atoms with Gasteiger partial charge in [-0.15, -0.1) is 0 Å². The number of anilines is 1. The second kappa shape index (κ2) is 6.42. The van der Waals surface area contributed by atoms with E-state index in [1.165, 1.54) is 0 Å². The van der Waals surface area contributed by atoms with Crippen molar-refractivity contribution in [2.24, 2.45) is 0 Å². The number of rotatable bonds is 4. The number of H-pyrrole nitrogens is 1. The van der Waals surface area contributed by atoms with Gasteiger partial charge in [-0.2, -0.15) is 0 Å². The summed E-state index contributed by atoms with van der Waals surface area (Å²) in [5.41, 5.74) is 1.42. The third-order valence-corrected chi connectivity index (χ3v) is 3.40. The summed E-state index contributed by atoms with van der Waals surface area (Å²) in [4.78, 5) is 38.4. The summed E-state index contributed by atoms with van der Waals surface area (Å²) >= 11 is 0. The highest BCUT2D eigenvalue weighted by molar-refractivity contribution is 5.91. The van der Waals surface area contributed by atoms with E-state index in [2.05, 4.69) is 15.6 Å². The van der Waals surface area contributed by atoms with Gasteiger partial charge in [-0.3, -0.25) is 4.98 Å². The summed E-state index contributed by atoms with van der Waals surface area (Å²) in [5.74, 6) is -0.546. The monoisotopic (exact) mass is 320 g/mol. The van der Waals surface area contributed by atoms with Crippen molar-refractivity contribution < 1.29 is 18.7 Å². The van der Waals surface area contributed by atoms with Crippen molar-refractivity contribution >= 4 is 28.9 Å². The van der Waals surface area contributed by atoms with E-state index in [0.717, 1.165) is 6.42 Å². The Morgan fingerprint density at radius 2 is 2.22 bits per heavy atom. The van der Waals surface area contributed by atoms with Crippen molar-refractivity contribution in [2.45, 2.75) is 6.42 Å². The van der Waals surface area contributed by atoms with Gasteiger partial charge in [0.1, 0.15) is 0 Å². The van der Waals surface area contributed by atoms with Crippen LogP contribution in [0.1, 0.15) is 6.42 Å². The van der Waals surface area contributed by atoms with Crippen LogP contribution in [0.3, 0.4) is 0 Å². The highest BCUT2D eigenvalue weighted by Gasteiger charge is 2.18. The van der Waals surface area contributed by atoms with Gasteiger partial charge in [-0.25, -0.2) is 14.4 Å². The maximum atomic E-state index is 11.8. The van der Waals surface area contributed by atoms with Gasteiger partial charge in [0.2, 0.25) is 0 Å². The van der Waals surface area contributed by atoms with Crippen LogP contribution >= 0.6 is 0 Å². The number of aromatic nitrogens is 1. The maximum Gasteiger partial charge on any atom is 0.417 e. The van der Waals surface area contributed by atoms with Crippen LogP contribution in [0, 0.1) is 0 Å². The number of hydrogen-bond acceptors (Lipinski definition) is 5. The number of benzene rings is 1. The fraction of sp³-hybridized carbons (Fsp3) is 0.357. The number of cyclic esters (lactones) is 1. The summed E-state index contributed by atoms with van der Waals surface area (Å²) in [6.45, 7) is 1.77. The lowest BCUT2D eigenvalue weighted by molar-refractivity contribution is 0.0736. The first-order valence-electron chi connectivity index (χ1n) is 7.21. The highest BCUT2D eigenvalue weighted by atomic mass is 16.6. The molecule has 3 rings (SSSR count). The zero-order chi connectivity index (χ0) is 16.2. The molecule has 1 aromatic carbocycles. The van der Waals surface area contributed by atoms with Crippen molar-refractivity contribution in [1.82, 2.24) is 15.2 Å². The Labute approximate surface area is 130 Å². The number of aromatic amines is 1. The zero-order valence-corrected chi connectivity index (χ0v) is 12.3. The van der Waals surface area contributed by atoms with Crippen molar-refractivity contribution in [3.8, 4) is 0 Å². The van der Waals surface area contributed by atoms with Gasteiger partial charge in [-0.05, 0) is 18.6 Å². The molecule has 0 radical (unpaired) electrons. The molecule has 0 spiro atoms. The number of oxazole rings is 1. The molecule has 1 aliphatic heterocycles. The van der Waals surface area contributed by atoms with E-state index in [1.807, 2.05) is 0 Å². The molecule has 2 aromatic rings. The lowest BCUT2D eigenvalue weighted by atomic mass is 10.3. The molecule has 0 atom stereocenters. The quantitative estimate of drug-likeness (QED) is 0.779. The fourth-order valence-electron chi connectivity index (χ4n) is 2.30. The average molecular weight is 320 g/mol. The van der Waals surface area contributed by atoms with Gasteiger partial charge in [0.05, 0.1) is 12.1 Å². The first-order valence-corrected chi connectivity index (χ1v) is 7.21. The van der Waals surface area contributed by atoms with Gasteiger partial charge >= 0.3 is 17.9 Å². The van der Waals surface area contributed by atoms with E-state index in [4.69, 9.17) is 9.15 Å². The molecule has 1 aromatic heterocycles. The van der Waals surface area contributed by atoms with E-state index in [0.29, 0.717) is 43.0 Å². The van der Waals surface area contributed by atoms with Crippen molar-refractivity contribution in [3.05, 3.63) is 28.7 Å². The minimum absolute atomic E-state index is 0.308. The number of nitrogens with one attached hydrogen (secondary N) is 3. The Morgan fingerprint density at radius 1 is 1.35 bits per heavy atom. The molecule has 3 N–H and O–H groups in total. The van der Waals surface area contributed by atoms with Crippen LogP contribution in [0.2, 0.25) is 0 Å². The summed E-state index contributed by atoms with van der Waals surface area (Å²) in [6.07, 6.45) is 0.436. The Hall–Kier alpha value is -2.97. The zero-order valence-electron chi connectivity index (χ0n) is 12.3.